The predicted molar refractivity (Wildman–Crippen MR) is 75.3 cm³/mol. The first-order valence-electron chi connectivity index (χ1n) is 5.78. The highest BCUT2D eigenvalue weighted by atomic mass is 79.9. The molecule has 2 aromatic rings. The molecule has 0 spiro atoms. The van der Waals surface area contributed by atoms with Crippen molar-refractivity contribution in [3.8, 4) is 0 Å². The molecule has 0 saturated heterocycles. The summed E-state index contributed by atoms with van der Waals surface area (Å²) < 4.78 is 5.61. The number of halogens is 1. The molecule has 2 rings (SSSR count). The number of amides is 2. The average Bonchev–Trinajstić information content (AvgIpc) is 2.97. The van der Waals surface area contributed by atoms with Crippen LogP contribution in [-0.2, 0) is 4.79 Å². The van der Waals surface area contributed by atoms with Gasteiger partial charge in [-0.15, -0.1) is 0 Å². The second kappa shape index (κ2) is 5.91. The van der Waals surface area contributed by atoms with Crippen LogP contribution >= 0.6 is 15.9 Å². The number of anilines is 1. The number of rotatable bonds is 4. The van der Waals surface area contributed by atoms with Gasteiger partial charge in [0.25, 0.3) is 5.91 Å². The highest BCUT2D eigenvalue weighted by Gasteiger charge is 2.17. The van der Waals surface area contributed by atoms with Crippen molar-refractivity contribution in [2.45, 2.75) is 6.92 Å². The molecule has 0 aliphatic carbocycles. The summed E-state index contributed by atoms with van der Waals surface area (Å²) in [5.74, 6) is 0.305. The fraction of sp³-hybridized carbons (Fsp3) is 0.250. The second-order valence-corrected chi connectivity index (χ2v) is 5.18. The lowest BCUT2D eigenvalue weighted by atomic mass is 10.3. The van der Waals surface area contributed by atoms with Gasteiger partial charge in [0.05, 0.1) is 6.54 Å². The summed E-state index contributed by atoms with van der Waals surface area (Å²) in [5.41, 5.74) is 0.407. The Bertz CT molecular complexity index is 634. The van der Waals surface area contributed by atoms with Crippen LogP contribution in [0.3, 0.4) is 0 Å². The number of nitrogens with one attached hydrogen (secondary N) is 2. The summed E-state index contributed by atoms with van der Waals surface area (Å²) in [7, 11) is 1.55. The third-order valence-corrected chi connectivity index (χ3v) is 2.96. The minimum atomic E-state index is -0.347. The van der Waals surface area contributed by atoms with Crippen LogP contribution in [-0.4, -0.2) is 40.4 Å². The van der Waals surface area contributed by atoms with Crippen LogP contribution in [0.25, 0.3) is 0 Å². The molecule has 0 radical (unpaired) electrons. The molecule has 0 aromatic carbocycles. The van der Waals surface area contributed by atoms with Gasteiger partial charge in [-0.25, -0.2) is 0 Å². The summed E-state index contributed by atoms with van der Waals surface area (Å²) in [6.45, 7) is 1.64. The van der Waals surface area contributed by atoms with Gasteiger partial charge >= 0.3 is 0 Å². The molecular weight excluding hydrogens is 328 g/mol. The van der Waals surface area contributed by atoms with E-state index in [4.69, 9.17) is 4.52 Å². The minimum absolute atomic E-state index is 0.0820. The first-order valence-corrected chi connectivity index (χ1v) is 6.57. The number of carbonyl (C=O) groups is 2. The molecule has 0 unspecified atom stereocenters. The molecule has 2 heterocycles. The van der Waals surface area contributed by atoms with E-state index in [9.17, 15) is 9.59 Å². The molecule has 2 amide bonds. The van der Waals surface area contributed by atoms with Crippen molar-refractivity contribution in [3.63, 3.8) is 0 Å². The van der Waals surface area contributed by atoms with Gasteiger partial charge < -0.3 is 19.7 Å². The minimum Gasteiger partial charge on any atom is -0.360 e. The van der Waals surface area contributed by atoms with Crippen molar-refractivity contribution in [3.05, 3.63) is 34.3 Å². The van der Waals surface area contributed by atoms with E-state index in [1.807, 2.05) is 0 Å². The highest BCUT2D eigenvalue weighted by molar-refractivity contribution is 9.10. The van der Waals surface area contributed by atoms with E-state index in [0.29, 0.717) is 17.3 Å². The maximum Gasteiger partial charge on any atom is 0.270 e. The standard InChI is InChI=1S/C12H13BrN4O3/c1-7-3-10(16-20-7)15-11(18)6-17(2)12(19)9-4-8(13)5-14-9/h3-5,14H,6H2,1-2H3,(H,15,16,18). The van der Waals surface area contributed by atoms with E-state index < -0.39 is 0 Å². The number of aromatic amines is 1. The van der Waals surface area contributed by atoms with E-state index in [0.717, 1.165) is 4.47 Å². The quantitative estimate of drug-likeness (QED) is 0.887. The zero-order valence-electron chi connectivity index (χ0n) is 10.9. The van der Waals surface area contributed by atoms with Crippen LogP contribution in [0.4, 0.5) is 5.82 Å². The Labute approximate surface area is 123 Å². The number of nitrogens with zero attached hydrogens (tertiary/aromatic N) is 2. The van der Waals surface area contributed by atoms with E-state index in [-0.39, 0.29) is 18.4 Å². The highest BCUT2D eigenvalue weighted by Crippen LogP contribution is 2.12. The van der Waals surface area contributed by atoms with Crippen LogP contribution in [0.15, 0.2) is 27.3 Å². The Morgan fingerprint density at radius 2 is 2.25 bits per heavy atom. The van der Waals surface area contributed by atoms with Crippen molar-refractivity contribution in [2.75, 3.05) is 18.9 Å². The zero-order valence-corrected chi connectivity index (χ0v) is 12.5. The van der Waals surface area contributed by atoms with Gasteiger partial charge in [-0.2, -0.15) is 0 Å². The fourth-order valence-corrected chi connectivity index (χ4v) is 1.94. The average molecular weight is 341 g/mol. The van der Waals surface area contributed by atoms with Gasteiger partial charge in [0.2, 0.25) is 5.91 Å². The lowest BCUT2D eigenvalue weighted by molar-refractivity contribution is -0.116. The molecule has 20 heavy (non-hydrogen) atoms. The number of hydrogen-bond acceptors (Lipinski definition) is 4. The molecule has 2 N–H and O–H groups in total. The molecule has 0 atom stereocenters. The van der Waals surface area contributed by atoms with Crippen LogP contribution in [0.1, 0.15) is 16.2 Å². The van der Waals surface area contributed by atoms with Crippen molar-refractivity contribution in [2.24, 2.45) is 0 Å². The number of carbonyl (C=O) groups excluding carboxylic acids is 2. The van der Waals surface area contributed by atoms with Crippen LogP contribution in [0, 0.1) is 6.92 Å². The maximum absolute atomic E-state index is 12.0. The Balaban J connectivity index is 1.92. The van der Waals surface area contributed by atoms with Gasteiger partial charge in [-0.3, -0.25) is 9.59 Å². The van der Waals surface area contributed by atoms with Gasteiger partial charge in [0.15, 0.2) is 5.82 Å². The molecule has 0 saturated carbocycles. The molecule has 0 aliphatic heterocycles. The van der Waals surface area contributed by atoms with Crippen molar-refractivity contribution >= 4 is 33.6 Å². The smallest absolute Gasteiger partial charge is 0.270 e. The number of likely N-dealkylation sites (N-methyl/N-ethyl adjacent to an activating group) is 1. The predicted octanol–water partition coefficient (Wildman–Crippen LogP) is 1.78. The molecule has 7 nitrogen and oxygen atoms in total. The van der Waals surface area contributed by atoms with E-state index in [1.165, 1.54) is 4.90 Å². The fourth-order valence-electron chi connectivity index (χ4n) is 1.59. The second-order valence-electron chi connectivity index (χ2n) is 4.26. The van der Waals surface area contributed by atoms with Gasteiger partial charge in [0.1, 0.15) is 11.5 Å². The van der Waals surface area contributed by atoms with E-state index in [1.54, 1.807) is 32.3 Å². The molecule has 8 heteroatoms. The molecule has 2 aromatic heterocycles. The van der Waals surface area contributed by atoms with Gasteiger partial charge in [-0.1, -0.05) is 5.16 Å². The van der Waals surface area contributed by atoms with E-state index >= 15 is 0 Å². The molecule has 106 valence electrons. The van der Waals surface area contributed by atoms with Crippen LogP contribution in [0.5, 0.6) is 0 Å². The van der Waals surface area contributed by atoms with Crippen LogP contribution < -0.4 is 5.32 Å². The summed E-state index contributed by atoms with van der Waals surface area (Å²) in [4.78, 5) is 27.9. The lowest BCUT2D eigenvalue weighted by Crippen LogP contribution is -2.35. The monoisotopic (exact) mass is 340 g/mol. The topological polar surface area (TPSA) is 91.2 Å². The Kier molecular flexibility index (Phi) is 4.23. The summed E-state index contributed by atoms with van der Waals surface area (Å²) in [5, 5.41) is 6.19. The number of hydrogen-bond donors (Lipinski definition) is 2. The first-order chi connectivity index (χ1) is 9.45. The van der Waals surface area contributed by atoms with E-state index in [2.05, 4.69) is 31.4 Å². The molecule has 0 aliphatic rings. The molecule has 0 fully saturated rings. The van der Waals surface area contributed by atoms with Crippen LogP contribution in [0.2, 0.25) is 0 Å². The third kappa shape index (κ3) is 3.47. The van der Waals surface area contributed by atoms with Crippen molar-refractivity contribution in [1.82, 2.24) is 15.0 Å². The Morgan fingerprint density at radius 3 is 2.80 bits per heavy atom. The SMILES string of the molecule is Cc1cc(NC(=O)CN(C)C(=O)c2cc(Br)c[nH]2)no1. The normalized spacial score (nSPS) is 10.3. The number of H-pyrrole nitrogens is 1. The third-order valence-electron chi connectivity index (χ3n) is 2.50. The summed E-state index contributed by atoms with van der Waals surface area (Å²) in [6, 6.07) is 3.25. The van der Waals surface area contributed by atoms with Gasteiger partial charge in [-0.05, 0) is 28.9 Å². The first kappa shape index (κ1) is 14.3. The van der Waals surface area contributed by atoms with Gasteiger partial charge in [0, 0.05) is 23.8 Å². The maximum atomic E-state index is 12.0. The lowest BCUT2D eigenvalue weighted by Gasteiger charge is -2.15. The van der Waals surface area contributed by atoms with Crippen molar-refractivity contribution in [1.29, 1.82) is 0 Å². The van der Waals surface area contributed by atoms with Crippen molar-refractivity contribution < 1.29 is 14.1 Å². The summed E-state index contributed by atoms with van der Waals surface area (Å²) >= 11 is 3.25. The largest absolute Gasteiger partial charge is 0.360 e. The molecule has 0 bridgehead atoms. The zero-order chi connectivity index (χ0) is 14.7. The Hall–Kier alpha value is -2.09. The number of aromatic nitrogens is 2. The molecular formula is C12H13BrN4O3. The summed E-state index contributed by atoms with van der Waals surface area (Å²) in [6.07, 6.45) is 1.65. The number of aryl methyl sites for hydroxylation is 1. The Morgan fingerprint density at radius 1 is 1.50 bits per heavy atom.